The molecule has 1 unspecified atom stereocenters. The van der Waals surface area contributed by atoms with E-state index in [0.29, 0.717) is 0 Å². The van der Waals surface area contributed by atoms with Crippen LogP contribution in [0.1, 0.15) is 5.56 Å². The van der Waals surface area contributed by atoms with Crippen LogP contribution < -0.4 is 10.2 Å². The van der Waals surface area contributed by atoms with E-state index in [9.17, 15) is 4.79 Å². The molecule has 0 aromatic heterocycles. The Morgan fingerprint density at radius 1 is 1.47 bits per heavy atom. The predicted octanol–water partition coefficient (Wildman–Crippen LogP) is 1.62. The molecule has 2 rings (SSSR count). The van der Waals surface area contributed by atoms with Gasteiger partial charge in [0, 0.05) is 29.8 Å². The molecule has 1 aromatic carbocycles. The summed E-state index contributed by atoms with van der Waals surface area (Å²) in [6.07, 6.45) is 0. The van der Waals surface area contributed by atoms with Crippen molar-refractivity contribution in [3.8, 4) is 0 Å². The first-order valence-electron chi connectivity index (χ1n) is 6.44. The highest BCUT2D eigenvalue weighted by atomic mass is 79.9. The standard InChI is InChI=1S/C14H20BrN3O/c1-10-8-11(4-5-12(10)15)18-7-6-16-13(14(18)19)9-17(2)3/h4-5,8,13,16H,6-7,9H2,1-3H3. The van der Waals surface area contributed by atoms with Crippen molar-refractivity contribution in [2.45, 2.75) is 13.0 Å². The molecule has 0 aliphatic carbocycles. The van der Waals surface area contributed by atoms with E-state index in [2.05, 4.69) is 27.3 Å². The highest BCUT2D eigenvalue weighted by Gasteiger charge is 2.29. The van der Waals surface area contributed by atoms with Crippen molar-refractivity contribution in [2.75, 3.05) is 38.6 Å². The van der Waals surface area contributed by atoms with Crippen molar-refractivity contribution >= 4 is 27.5 Å². The van der Waals surface area contributed by atoms with E-state index in [4.69, 9.17) is 0 Å². The summed E-state index contributed by atoms with van der Waals surface area (Å²) in [5.41, 5.74) is 2.13. The van der Waals surface area contributed by atoms with Crippen LogP contribution in [-0.2, 0) is 4.79 Å². The molecule has 1 saturated heterocycles. The molecule has 1 aliphatic heterocycles. The fourth-order valence-corrected chi connectivity index (χ4v) is 2.54. The van der Waals surface area contributed by atoms with Gasteiger partial charge in [-0.1, -0.05) is 15.9 Å². The number of carbonyl (C=O) groups is 1. The van der Waals surface area contributed by atoms with E-state index < -0.39 is 0 Å². The van der Waals surface area contributed by atoms with E-state index in [-0.39, 0.29) is 11.9 Å². The van der Waals surface area contributed by atoms with Gasteiger partial charge < -0.3 is 15.1 Å². The Morgan fingerprint density at radius 2 is 2.21 bits per heavy atom. The molecule has 1 atom stereocenters. The monoisotopic (exact) mass is 325 g/mol. The van der Waals surface area contributed by atoms with Gasteiger partial charge in [-0.2, -0.15) is 0 Å². The second-order valence-corrected chi connectivity index (χ2v) is 6.05. The van der Waals surface area contributed by atoms with Crippen LogP contribution in [0.3, 0.4) is 0 Å². The Kier molecular flexibility index (Phi) is 4.60. The maximum absolute atomic E-state index is 12.5. The minimum atomic E-state index is -0.118. The number of nitrogens with one attached hydrogen (secondary N) is 1. The van der Waals surface area contributed by atoms with Crippen LogP contribution in [0.2, 0.25) is 0 Å². The molecule has 1 heterocycles. The van der Waals surface area contributed by atoms with E-state index in [1.807, 2.05) is 43.0 Å². The molecule has 0 saturated carbocycles. The number of hydrogen-bond acceptors (Lipinski definition) is 3. The number of rotatable bonds is 3. The first kappa shape index (κ1) is 14.5. The fourth-order valence-electron chi connectivity index (χ4n) is 2.30. The zero-order valence-corrected chi connectivity index (χ0v) is 13.2. The topological polar surface area (TPSA) is 35.6 Å². The maximum Gasteiger partial charge on any atom is 0.245 e. The van der Waals surface area contributed by atoms with Crippen molar-refractivity contribution in [3.05, 3.63) is 28.2 Å². The third kappa shape index (κ3) is 3.35. The van der Waals surface area contributed by atoms with Gasteiger partial charge in [0.25, 0.3) is 0 Å². The summed E-state index contributed by atoms with van der Waals surface area (Å²) in [6.45, 7) is 4.32. The number of halogens is 1. The molecule has 4 nitrogen and oxygen atoms in total. The highest BCUT2D eigenvalue weighted by Crippen LogP contribution is 2.24. The SMILES string of the molecule is Cc1cc(N2CCNC(CN(C)C)C2=O)ccc1Br. The number of piperazine rings is 1. The van der Waals surface area contributed by atoms with Crippen LogP contribution >= 0.6 is 15.9 Å². The second-order valence-electron chi connectivity index (χ2n) is 5.19. The highest BCUT2D eigenvalue weighted by molar-refractivity contribution is 9.10. The lowest BCUT2D eigenvalue weighted by molar-refractivity contribution is -0.121. The van der Waals surface area contributed by atoms with E-state index in [1.165, 1.54) is 0 Å². The van der Waals surface area contributed by atoms with Crippen LogP contribution in [0, 0.1) is 6.92 Å². The zero-order valence-electron chi connectivity index (χ0n) is 11.6. The lowest BCUT2D eigenvalue weighted by Gasteiger charge is -2.34. The smallest absolute Gasteiger partial charge is 0.245 e. The quantitative estimate of drug-likeness (QED) is 0.917. The van der Waals surface area contributed by atoms with Gasteiger partial charge in [-0.25, -0.2) is 0 Å². The second kappa shape index (κ2) is 6.03. The number of aryl methyl sites for hydroxylation is 1. The summed E-state index contributed by atoms with van der Waals surface area (Å²) >= 11 is 3.49. The molecular weight excluding hydrogens is 306 g/mol. The molecule has 1 fully saturated rings. The van der Waals surface area contributed by atoms with Gasteiger partial charge in [0.05, 0.1) is 0 Å². The molecule has 0 radical (unpaired) electrons. The molecule has 104 valence electrons. The summed E-state index contributed by atoms with van der Waals surface area (Å²) < 4.78 is 1.07. The Bertz CT molecular complexity index is 476. The molecule has 1 amide bonds. The summed E-state index contributed by atoms with van der Waals surface area (Å²) in [6, 6.07) is 5.93. The Morgan fingerprint density at radius 3 is 2.84 bits per heavy atom. The van der Waals surface area contributed by atoms with Crippen LogP contribution in [0.4, 0.5) is 5.69 Å². The van der Waals surface area contributed by atoms with Gasteiger partial charge in [0.15, 0.2) is 0 Å². The minimum Gasteiger partial charge on any atom is -0.310 e. The lowest BCUT2D eigenvalue weighted by atomic mass is 10.1. The molecular formula is C14H20BrN3O. The van der Waals surface area contributed by atoms with E-state index in [0.717, 1.165) is 35.4 Å². The molecule has 1 aromatic rings. The summed E-state index contributed by atoms with van der Waals surface area (Å²) in [4.78, 5) is 16.4. The number of benzene rings is 1. The van der Waals surface area contributed by atoms with Gasteiger partial charge >= 0.3 is 0 Å². The Labute approximate surface area is 122 Å². The van der Waals surface area contributed by atoms with Crippen molar-refractivity contribution in [1.82, 2.24) is 10.2 Å². The van der Waals surface area contributed by atoms with Crippen molar-refractivity contribution in [1.29, 1.82) is 0 Å². The Balaban J connectivity index is 2.19. The summed E-state index contributed by atoms with van der Waals surface area (Å²) in [5, 5.41) is 3.28. The Hall–Kier alpha value is -0.910. The van der Waals surface area contributed by atoms with Crippen molar-refractivity contribution in [3.63, 3.8) is 0 Å². The van der Waals surface area contributed by atoms with Crippen LogP contribution in [-0.4, -0.2) is 50.6 Å². The summed E-state index contributed by atoms with van der Waals surface area (Å²) in [7, 11) is 3.97. The third-order valence-corrected chi connectivity index (χ3v) is 4.18. The fraction of sp³-hybridized carbons (Fsp3) is 0.500. The van der Waals surface area contributed by atoms with Gasteiger partial charge in [0.1, 0.15) is 6.04 Å². The number of likely N-dealkylation sites (N-methyl/N-ethyl adjacent to an activating group) is 1. The molecule has 0 spiro atoms. The molecule has 1 N–H and O–H groups in total. The van der Waals surface area contributed by atoms with Crippen molar-refractivity contribution in [2.24, 2.45) is 0 Å². The largest absolute Gasteiger partial charge is 0.310 e. The molecule has 19 heavy (non-hydrogen) atoms. The van der Waals surface area contributed by atoms with Crippen LogP contribution in [0.5, 0.6) is 0 Å². The van der Waals surface area contributed by atoms with Gasteiger partial charge in [-0.15, -0.1) is 0 Å². The number of anilines is 1. The molecule has 0 bridgehead atoms. The minimum absolute atomic E-state index is 0.118. The number of hydrogen-bond donors (Lipinski definition) is 1. The number of nitrogens with zero attached hydrogens (tertiary/aromatic N) is 2. The van der Waals surface area contributed by atoms with E-state index in [1.54, 1.807) is 0 Å². The first-order valence-corrected chi connectivity index (χ1v) is 7.24. The van der Waals surface area contributed by atoms with Gasteiger partial charge in [0.2, 0.25) is 5.91 Å². The molecule has 1 aliphatic rings. The average molecular weight is 326 g/mol. The maximum atomic E-state index is 12.5. The summed E-state index contributed by atoms with van der Waals surface area (Å²) in [5.74, 6) is 0.154. The lowest BCUT2D eigenvalue weighted by Crippen LogP contribution is -2.58. The molecule has 5 heteroatoms. The third-order valence-electron chi connectivity index (χ3n) is 3.29. The normalized spacial score (nSPS) is 20.2. The number of carbonyl (C=O) groups excluding carboxylic acids is 1. The predicted molar refractivity (Wildman–Crippen MR) is 81.6 cm³/mol. The van der Waals surface area contributed by atoms with Crippen molar-refractivity contribution < 1.29 is 4.79 Å². The number of amides is 1. The van der Waals surface area contributed by atoms with E-state index >= 15 is 0 Å². The first-order chi connectivity index (χ1) is 8.99. The van der Waals surface area contributed by atoms with Gasteiger partial charge in [-0.3, -0.25) is 4.79 Å². The average Bonchev–Trinajstić information content (AvgIpc) is 2.35. The van der Waals surface area contributed by atoms with Gasteiger partial charge in [-0.05, 0) is 44.8 Å². The van der Waals surface area contributed by atoms with Crippen LogP contribution in [0.25, 0.3) is 0 Å². The zero-order chi connectivity index (χ0) is 14.0. The van der Waals surface area contributed by atoms with Crippen LogP contribution in [0.15, 0.2) is 22.7 Å².